The fourth-order valence-corrected chi connectivity index (χ4v) is 7.42. The van der Waals surface area contributed by atoms with Crippen LogP contribution in [0.15, 0.2) is 77.5 Å². The number of likely N-dealkylation sites (tertiary alicyclic amines) is 1. The fraction of sp³-hybridized carbons (Fsp3) is 0.275. The highest BCUT2D eigenvalue weighted by atomic mass is 16.4. The number of nitriles is 1. The monoisotopic (exact) mass is 694 g/mol. The van der Waals surface area contributed by atoms with Crippen LogP contribution in [0, 0.1) is 25.2 Å². The summed E-state index contributed by atoms with van der Waals surface area (Å²) in [6.07, 6.45) is 3.31. The summed E-state index contributed by atoms with van der Waals surface area (Å²) >= 11 is 0. The molecule has 2 fully saturated rings. The minimum Gasteiger partial charge on any atom is -0.465 e. The zero-order valence-corrected chi connectivity index (χ0v) is 29.0. The number of carboxylic acid groups (broad SMARTS) is 1. The maximum atomic E-state index is 11.4. The van der Waals surface area contributed by atoms with Crippen molar-refractivity contribution >= 4 is 39.6 Å². The summed E-state index contributed by atoms with van der Waals surface area (Å²) in [5.41, 5.74) is 10.0. The predicted molar refractivity (Wildman–Crippen MR) is 198 cm³/mol. The van der Waals surface area contributed by atoms with Crippen LogP contribution >= 0.6 is 0 Å². The van der Waals surface area contributed by atoms with Gasteiger partial charge in [0.2, 0.25) is 5.89 Å². The van der Waals surface area contributed by atoms with E-state index in [1.165, 1.54) is 4.90 Å². The van der Waals surface area contributed by atoms with E-state index in [2.05, 4.69) is 46.4 Å². The fourth-order valence-electron chi connectivity index (χ4n) is 7.42. The number of aromatic nitrogens is 3. The van der Waals surface area contributed by atoms with Gasteiger partial charge in [0.05, 0.1) is 18.3 Å². The molecule has 3 N–H and O–H groups in total. The van der Waals surface area contributed by atoms with Crippen LogP contribution in [-0.2, 0) is 13.1 Å². The van der Waals surface area contributed by atoms with E-state index in [-0.39, 0.29) is 6.10 Å². The summed E-state index contributed by atoms with van der Waals surface area (Å²) in [4.78, 5) is 31.3. The van der Waals surface area contributed by atoms with Crippen molar-refractivity contribution in [2.75, 3.05) is 38.2 Å². The molecule has 262 valence electrons. The largest absolute Gasteiger partial charge is 0.465 e. The van der Waals surface area contributed by atoms with Crippen LogP contribution in [0.5, 0.6) is 0 Å². The standard InChI is InChI=1S/C40H38N8O4/c1-24-31(5-3-7-33(24)39-45-35-17-26(15-29(18-41)37(35)52-39)20-47-13-14-48(23-47)40(50)51)32-6-4-8-34(25(32)2)44-38-36-28(9-11-42-38)16-27(19-43-36)21-46-12-10-30(49)22-46/h3-9,11,15-17,19,30,49H,10,12-14,20-23H2,1-2H3,(H,42,44)(H,50,51). The van der Waals surface area contributed by atoms with Crippen molar-refractivity contribution in [3.8, 4) is 28.7 Å². The summed E-state index contributed by atoms with van der Waals surface area (Å²) in [6, 6.07) is 22.3. The molecule has 12 heteroatoms. The van der Waals surface area contributed by atoms with Gasteiger partial charge in [0.1, 0.15) is 17.1 Å². The number of β-amino-alcohol motifs (C(OH)–C–C–N with tert-alkyl or cyclic N) is 1. The van der Waals surface area contributed by atoms with E-state index in [0.29, 0.717) is 61.2 Å². The van der Waals surface area contributed by atoms with Crippen molar-refractivity contribution < 1.29 is 19.4 Å². The first-order valence-electron chi connectivity index (χ1n) is 17.4. The van der Waals surface area contributed by atoms with Crippen LogP contribution < -0.4 is 5.32 Å². The lowest BCUT2D eigenvalue weighted by Gasteiger charge is -2.17. The molecule has 8 rings (SSSR count). The van der Waals surface area contributed by atoms with Gasteiger partial charge in [-0.25, -0.2) is 14.8 Å². The van der Waals surface area contributed by atoms with Gasteiger partial charge in [-0.15, -0.1) is 0 Å². The first kappa shape index (κ1) is 33.3. The highest BCUT2D eigenvalue weighted by Gasteiger charge is 2.25. The third-order valence-corrected chi connectivity index (χ3v) is 10.2. The van der Waals surface area contributed by atoms with Crippen LogP contribution in [0.4, 0.5) is 16.3 Å². The van der Waals surface area contributed by atoms with Crippen molar-refractivity contribution in [3.05, 3.63) is 101 Å². The molecule has 0 spiro atoms. The molecule has 6 aromatic rings. The average Bonchev–Trinajstić information content (AvgIpc) is 3.89. The zero-order chi connectivity index (χ0) is 35.9. The van der Waals surface area contributed by atoms with Gasteiger partial charge in [-0.2, -0.15) is 5.26 Å². The molecule has 3 aromatic carbocycles. The van der Waals surface area contributed by atoms with Crippen molar-refractivity contribution in [1.82, 2.24) is 29.7 Å². The summed E-state index contributed by atoms with van der Waals surface area (Å²) in [6.45, 7) is 8.37. The lowest BCUT2D eigenvalue weighted by molar-refractivity contribution is 0.145. The molecular weight excluding hydrogens is 656 g/mol. The zero-order valence-electron chi connectivity index (χ0n) is 29.0. The molecule has 1 amide bonds. The third-order valence-electron chi connectivity index (χ3n) is 10.2. The number of nitrogens with one attached hydrogen (secondary N) is 1. The molecule has 0 aliphatic carbocycles. The lowest BCUT2D eigenvalue weighted by Crippen LogP contribution is -2.29. The molecule has 2 saturated heterocycles. The number of hydrogen-bond donors (Lipinski definition) is 3. The molecule has 52 heavy (non-hydrogen) atoms. The van der Waals surface area contributed by atoms with Crippen molar-refractivity contribution in [1.29, 1.82) is 5.26 Å². The predicted octanol–water partition coefficient (Wildman–Crippen LogP) is 6.66. The van der Waals surface area contributed by atoms with Gasteiger partial charge in [0, 0.05) is 68.3 Å². The second-order valence-corrected chi connectivity index (χ2v) is 13.7. The Morgan fingerprint density at radius 2 is 1.75 bits per heavy atom. The Bertz CT molecular complexity index is 2380. The Balaban J connectivity index is 1.07. The Hall–Kier alpha value is -5.87. The quantitative estimate of drug-likeness (QED) is 0.157. The van der Waals surface area contributed by atoms with Crippen LogP contribution in [-0.4, -0.2) is 84.9 Å². The topological polar surface area (TPSA) is 155 Å². The molecule has 2 aliphatic rings. The second kappa shape index (κ2) is 13.7. The number of carbonyl (C=O) groups is 1. The van der Waals surface area contributed by atoms with E-state index < -0.39 is 6.09 Å². The van der Waals surface area contributed by atoms with Gasteiger partial charge in [0.15, 0.2) is 11.4 Å². The number of nitrogens with zero attached hydrogens (tertiary/aromatic N) is 7. The molecular formula is C40H38N8O4. The molecule has 0 radical (unpaired) electrons. The summed E-state index contributed by atoms with van der Waals surface area (Å²) in [5.74, 6) is 1.11. The number of amides is 1. The number of hydrogen-bond acceptors (Lipinski definition) is 10. The Morgan fingerprint density at radius 3 is 2.52 bits per heavy atom. The summed E-state index contributed by atoms with van der Waals surface area (Å²) in [5, 5.41) is 33.8. The number of pyridine rings is 2. The van der Waals surface area contributed by atoms with Gasteiger partial charge in [-0.1, -0.05) is 24.3 Å². The molecule has 0 saturated carbocycles. The number of benzene rings is 3. The number of rotatable bonds is 8. The normalized spacial score (nSPS) is 16.6. The third kappa shape index (κ3) is 6.41. The minimum absolute atomic E-state index is 0.255. The number of fused-ring (bicyclic) bond motifs is 2. The molecule has 2 aliphatic heterocycles. The summed E-state index contributed by atoms with van der Waals surface area (Å²) in [7, 11) is 0. The van der Waals surface area contributed by atoms with Crippen LogP contribution in [0.25, 0.3) is 44.6 Å². The highest BCUT2D eigenvalue weighted by molar-refractivity contribution is 5.91. The second-order valence-electron chi connectivity index (χ2n) is 13.7. The van der Waals surface area contributed by atoms with Gasteiger partial charge < -0.3 is 19.9 Å². The van der Waals surface area contributed by atoms with Gasteiger partial charge >= 0.3 is 6.09 Å². The van der Waals surface area contributed by atoms with Crippen LogP contribution in [0.2, 0.25) is 0 Å². The van der Waals surface area contributed by atoms with E-state index in [4.69, 9.17) is 14.4 Å². The lowest BCUT2D eigenvalue weighted by atomic mass is 9.93. The first-order valence-corrected chi connectivity index (χ1v) is 17.4. The minimum atomic E-state index is -0.933. The maximum absolute atomic E-state index is 11.4. The average molecular weight is 695 g/mol. The van der Waals surface area contributed by atoms with Gasteiger partial charge in [-0.3, -0.25) is 19.7 Å². The number of aliphatic hydroxyl groups is 1. The number of anilines is 2. The molecule has 1 unspecified atom stereocenters. The maximum Gasteiger partial charge on any atom is 0.408 e. The van der Waals surface area contributed by atoms with E-state index in [0.717, 1.165) is 75.0 Å². The van der Waals surface area contributed by atoms with Gasteiger partial charge in [0.25, 0.3) is 0 Å². The van der Waals surface area contributed by atoms with Crippen LogP contribution in [0.3, 0.4) is 0 Å². The molecule has 12 nitrogen and oxygen atoms in total. The van der Waals surface area contributed by atoms with Crippen molar-refractivity contribution in [2.24, 2.45) is 0 Å². The van der Waals surface area contributed by atoms with E-state index >= 15 is 0 Å². The Kier molecular flexibility index (Phi) is 8.76. The van der Waals surface area contributed by atoms with E-state index in [1.807, 2.05) is 54.4 Å². The molecule has 0 bridgehead atoms. The Labute approximate surface area is 300 Å². The van der Waals surface area contributed by atoms with Crippen molar-refractivity contribution in [2.45, 2.75) is 39.5 Å². The SMILES string of the molecule is Cc1c(Nc2nccc3cc(CN4CCC(O)C4)cnc23)cccc1-c1cccc(-c2nc3cc(CN4CCN(C(=O)O)C4)cc(C#N)c3o2)c1C. The molecule has 3 aromatic heterocycles. The highest BCUT2D eigenvalue weighted by Crippen LogP contribution is 2.38. The number of aliphatic hydroxyl groups excluding tert-OH is 1. The number of oxazole rings is 1. The smallest absolute Gasteiger partial charge is 0.408 e. The molecule has 5 heterocycles. The van der Waals surface area contributed by atoms with Gasteiger partial charge in [-0.05, 0) is 90.0 Å². The summed E-state index contributed by atoms with van der Waals surface area (Å²) < 4.78 is 6.27. The first-order chi connectivity index (χ1) is 25.2. The van der Waals surface area contributed by atoms with E-state index in [1.54, 1.807) is 12.3 Å². The van der Waals surface area contributed by atoms with Crippen molar-refractivity contribution in [3.63, 3.8) is 0 Å². The molecule has 1 atom stereocenters. The van der Waals surface area contributed by atoms with E-state index in [9.17, 15) is 20.3 Å². The Morgan fingerprint density at radius 1 is 0.962 bits per heavy atom. The van der Waals surface area contributed by atoms with Crippen LogP contribution in [0.1, 0.15) is 34.2 Å².